The Bertz CT molecular complexity index is 482. The zero-order chi connectivity index (χ0) is 16.8. The fraction of sp³-hybridized carbons (Fsp3) is 0.588. The quantitative estimate of drug-likeness (QED) is 0.428. The van der Waals surface area contributed by atoms with Gasteiger partial charge in [0.15, 0.2) is 0 Å². The van der Waals surface area contributed by atoms with Gasteiger partial charge in [-0.2, -0.15) is 0 Å². The van der Waals surface area contributed by atoms with Crippen molar-refractivity contribution in [3.05, 3.63) is 35.4 Å². The van der Waals surface area contributed by atoms with Crippen molar-refractivity contribution >= 4 is 28.7 Å². The third-order valence-corrected chi connectivity index (χ3v) is 4.56. The van der Waals surface area contributed by atoms with Gasteiger partial charge in [-0.25, -0.2) is 4.79 Å². The summed E-state index contributed by atoms with van der Waals surface area (Å²) < 4.78 is 12.0. The third-order valence-electron chi connectivity index (χ3n) is 3.11. The highest BCUT2D eigenvalue weighted by Crippen LogP contribution is 2.27. The summed E-state index contributed by atoms with van der Waals surface area (Å²) in [5.74, 6) is 0. The molecule has 0 aliphatic rings. The number of hydrogen-bond donors (Lipinski definition) is 1. The molecular formula is C17H26INO3. The van der Waals surface area contributed by atoms with Gasteiger partial charge in [0, 0.05) is 11.0 Å². The van der Waals surface area contributed by atoms with Crippen molar-refractivity contribution in [2.45, 2.75) is 45.8 Å². The summed E-state index contributed by atoms with van der Waals surface area (Å²) in [4.78, 5) is 11.6. The van der Waals surface area contributed by atoms with E-state index in [1.54, 1.807) is 0 Å². The predicted molar refractivity (Wildman–Crippen MR) is 97.6 cm³/mol. The Balaban J connectivity index is 2.47. The number of carbonyl (C=O) groups excluding carboxylic acids is 1. The van der Waals surface area contributed by atoms with Gasteiger partial charge in [-0.15, -0.1) is 0 Å². The first-order valence-corrected chi connectivity index (χ1v) is 8.93. The van der Waals surface area contributed by atoms with Crippen LogP contribution < -0.4 is 5.32 Å². The van der Waals surface area contributed by atoms with E-state index in [-0.39, 0.29) is 5.60 Å². The second kappa shape index (κ2) is 8.15. The lowest BCUT2D eigenvalue weighted by atomic mass is 9.97. The summed E-state index contributed by atoms with van der Waals surface area (Å²) >= 11 is 2.32. The summed E-state index contributed by atoms with van der Waals surface area (Å²) in [5.41, 5.74) is 1.53. The van der Waals surface area contributed by atoms with Gasteiger partial charge in [0.2, 0.25) is 0 Å². The minimum atomic E-state index is -0.483. The molecule has 0 unspecified atom stereocenters. The normalized spacial score (nSPS) is 14.3. The van der Waals surface area contributed by atoms with E-state index in [0.29, 0.717) is 13.2 Å². The standard InChI is InChI=1S/C17H26INO3/c1-13-6-8-14(9-7-13)17(5,12-18)21-11-10-19-15(20)22-16(2,3)4/h6-9H,10-12H2,1-5H3,(H,19,20)/t17-/m0/s1. The van der Waals surface area contributed by atoms with Crippen LogP contribution in [0.4, 0.5) is 4.79 Å². The van der Waals surface area contributed by atoms with E-state index in [2.05, 4.69) is 66.0 Å². The fourth-order valence-corrected chi connectivity index (χ4v) is 2.51. The molecule has 0 saturated carbocycles. The van der Waals surface area contributed by atoms with Crippen LogP contribution in [-0.2, 0) is 15.1 Å². The lowest BCUT2D eigenvalue weighted by Crippen LogP contribution is -2.36. The van der Waals surface area contributed by atoms with Crippen molar-refractivity contribution in [2.75, 3.05) is 17.6 Å². The van der Waals surface area contributed by atoms with Crippen LogP contribution in [0.15, 0.2) is 24.3 Å². The van der Waals surface area contributed by atoms with Crippen LogP contribution in [0.5, 0.6) is 0 Å². The molecule has 0 radical (unpaired) electrons. The van der Waals surface area contributed by atoms with Crippen molar-refractivity contribution < 1.29 is 14.3 Å². The van der Waals surface area contributed by atoms with Crippen LogP contribution in [0.25, 0.3) is 0 Å². The number of amides is 1. The molecule has 124 valence electrons. The second-order valence-electron chi connectivity index (χ2n) is 6.51. The summed E-state index contributed by atoms with van der Waals surface area (Å²) in [7, 11) is 0. The van der Waals surface area contributed by atoms with Gasteiger partial charge in [0.1, 0.15) is 5.60 Å². The van der Waals surface area contributed by atoms with Crippen LogP contribution in [0.1, 0.15) is 38.8 Å². The van der Waals surface area contributed by atoms with Crippen LogP contribution in [0, 0.1) is 6.92 Å². The molecule has 1 amide bonds. The topological polar surface area (TPSA) is 47.6 Å². The number of halogens is 1. The molecule has 1 aromatic rings. The van der Waals surface area contributed by atoms with Gasteiger partial charge in [0.05, 0.1) is 12.2 Å². The average Bonchev–Trinajstić information content (AvgIpc) is 2.42. The summed E-state index contributed by atoms with van der Waals surface area (Å²) in [6.45, 7) is 10.5. The Hall–Kier alpha value is -0.820. The minimum absolute atomic E-state index is 0.357. The molecule has 5 heteroatoms. The molecule has 0 aromatic heterocycles. The maximum absolute atomic E-state index is 11.6. The first kappa shape index (κ1) is 19.2. The SMILES string of the molecule is Cc1ccc([C@](C)(CI)OCCNC(=O)OC(C)(C)C)cc1. The Morgan fingerprint density at radius 1 is 1.18 bits per heavy atom. The van der Waals surface area contributed by atoms with E-state index in [1.807, 2.05) is 20.8 Å². The Kier molecular flexibility index (Phi) is 7.12. The number of nitrogens with one attached hydrogen (secondary N) is 1. The highest BCUT2D eigenvalue weighted by Gasteiger charge is 2.26. The van der Waals surface area contributed by atoms with E-state index in [1.165, 1.54) is 5.56 Å². The molecule has 1 rings (SSSR count). The largest absolute Gasteiger partial charge is 0.444 e. The Morgan fingerprint density at radius 2 is 1.77 bits per heavy atom. The maximum Gasteiger partial charge on any atom is 0.407 e. The lowest BCUT2D eigenvalue weighted by Gasteiger charge is -2.29. The van der Waals surface area contributed by atoms with Gasteiger partial charge < -0.3 is 14.8 Å². The van der Waals surface area contributed by atoms with E-state index in [4.69, 9.17) is 9.47 Å². The van der Waals surface area contributed by atoms with E-state index < -0.39 is 11.7 Å². The molecule has 0 spiro atoms. The van der Waals surface area contributed by atoms with Crippen molar-refractivity contribution in [2.24, 2.45) is 0 Å². The number of carbonyl (C=O) groups is 1. The molecule has 0 aliphatic heterocycles. The van der Waals surface area contributed by atoms with Gasteiger partial charge >= 0.3 is 6.09 Å². The van der Waals surface area contributed by atoms with Gasteiger partial charge in [-0.05, 0) is 40.2 Å². The van der Waals surface area contributed by atoms with Crippen molar-refractivity contribution in [3.8, 4) is 0 Å². The lowest BCUT2D eigenvalue weighted by molar-refractivity contribution is -0.0150. The van der Waals surface area contributed by atoms with E-state index in [0.717, 1.165) is 9.99 Å². The molecule has 0 aliphatic carbocycles. The van der Waals surface area contributed by atoms with Crippen LogP contribution in [0.2, 0.25) is 0 Å². The maximum atomic E-state index is 11.6. The highest BCUT2D eigenvalue weighted by atomic mass is 127. The van der Waals surface area contributed by atoms with Crippen LogP contribution in [0.3, 0.4) is 0 Å². The third kappa shape index (κ3) is 6.52. The zero-order valence-corrected chi connectivity index (χ0v) is 16.2. The highest BCUT2D eigenvalue weighted by molar-refractivity contribution is 14.1. The molecule has 1 aromatic carbocycles. The molecule has 4 nitrogen and oxygen atoms in total. The molecule has 0 fully saturated rings. The number of hydrogen-bond acceptors (Lipinski definition) is 3. The van der Waals surface area contributed by atoms with E-state index in [9.17, 15) is 4.79 Å². The molecule has 1 N–H and O–H groups in total. The number of alkyl carbamates (subject to hydrolysis) is 1. The van der Waals surface area contributed by atoms with Crippen LogP contribution >= 0.6 is 22.6 Å². The number of alkyl halides is 1. The Labute approximate surface area is 147 Å². The van der Waals surface area contributed by atoms with Gasteiger partial charge in [-0.3, -0.25) is 0 Å². The fourth-order valence-electron chi connectivity index (χ4n) is 1.85. The zero-order valence-electron chi connectivity index (χ0n) is 14.0. The summed E-state index contributed by atoms with van der Waals surface area (Å²) in [6, 6.07) is 8.36. The van der Waals surface area contributed by atoms with Gasteiger partial charge in [0.25, 0.3) is 0 Å². The number of rotatable bonds is 6. The monoisotopic (exact) mass is 419 g/mol. The second-order valence-corrected chi connectivity index (χ2v) is 7.27. The molecule has 0 bridgehead atoms. The van der Waals surface area contributed by atoms with E-state index >= 15 is 0 Å². The summed E-state index contributed by atoms with van der Waals surface area (Å²) in [5, 5.41) is 2.71. The molecule has 0 heterocycles. The minimum Gasteiger partial charge on any atom is -0.444 e. The molecule has 22 heavy (non-hydrogen) atoms. The molecule has 1 atom stereocenters. The average molecular weight is 419 g/mol. The smallest absolute Gasteiger partial charge is 0.407 e. The van der Waals surface area contributed by atoms with Crippen molar-refractivity contribution in [3.63, 3.8) is 0 Å². The molecule has 0 saturated heterocycles. The molecular weight excluding hydrogens is 393 g/mol. The number of ether oxygens (including phenoxy) is 2. The van der Waals surface area contributed by atoms with Crippen molar-refractivity contribution in [1.29, 1.82) is 0 Å². The summed E-state index contributed by atoms with van der Waals surface area (Å²) in [6.07, 6.45) is -0.414. The van der Waals surface area contributed by atoms with Crippen LogP contribution in [-0.4, -0.2) is 29.3 Å². The number of aryl methyl sites for hydroxylation is 1. The first-order valence-electron chi connectivity index (χ1n) is 7.40. The van der Waals surface area contributed by atoms with Crippen molar-refractivity contribution in [1.82, 2.24) is 5.32 Å². The Morgan fingerprint density at radius 3 is 2.27 bits per heavy atom. The van der Waals surface area contributed by atoms with Gasteiger partial charge in [-0.1, -0.05) is 52.4 Å². The predicted octanol–water partition coefficient (Wildman–Crippen LogP) is 4.19. The number of benzene rings is 1. The first-order chi connectivity index (χ1) is 10.2.